The van der Waals surface area contributed by atoms with Crippen LogP contribution in [0.4, 0.5) is 18.9 Å². The molecular weight excluding hydrogens is 277 g/mol. The lowest BCUT2D eigenvalue weighted by molar-refractivity contribution is -0.179. The van der Waals surface area contributed by atoms with E-state index in [0.717, 1.165) is 11.3 Å². The zero-order valence-electron chi connectivity index (χ0n) is 10.4. The second-order valence-electron chi connectivity index (χ2n) is 4.78. The van der Waals surface area contributed by atoms with Crippen LogP contribution in [-0.4, -0.2) is 19.3 Å². The Morgan fingerprint density at radius 1 is 1.26 bits per heavy atom. The lowest BCUT2D eigenvalue weighted by Gasteiger charge is -2.35. The molecule has 1 aromatic carbocycles. The quantitative estimate of drug-likeness (QED) is 0.903. The van der Waals surface area contributed by atoms with Crippen LogP contribution >= 0.6 is 11.6 Å². The van der Waals surface area contributed by atoms with Crippen molar-refractivity contribution >= 4 is 17.3 Å². The Labute approximate surface area is 115 Å². The van der Waals surface area contributed by atoms with Gasteiger partial charge in [-0.25, -0.2) is 0 Å². The first-order chi connectivity index (χ1) is 8.91. The van der Waals surface area contributed by atoms with Gasteiger partial charge in [0.05, 0.1) is 5.92 Å². The molecule has 0 spiro atoms. The van der Waals surface area contributed by atoms with Crippen LogP contribution in [0.5, 0.6) is 0 Å². The zero-order valence-corrected chi connectivity index (χ0v) is 11.1. The number of anilines is 1. The minimum atomic E-state index is -4.09. The molecule has 1 fully saturated rings. The van der Waals surface area contributed by atoms with Crippen molar-refractivity contribution in [1.29, 1.82) is 0 Å². The lowest BCUT2D eigenvalue weighted by Crippen LogP contribution is -2.39. The summed E-state index contributed by atoms with van der Waals surface area (Å²) in [5.41, 5.74) is 7.42. The number of hydrogen-bond donors (Lipinski definition) is 1. The Morgan fingerprint density at radius 2 is 1.89 bits per heavy atom. The van der Waals surface area contributed by atoms with E-state index in [1.165, 1.54) is 0 Å². The first-order valence-electron chi connectivity index (χ1n) is 6.22. The van der Waals surface area contributed by atoms with Crippen LogP contribution in [0.3, 0.4) is 0 Å². The molecule has 6 heteroatoms. The fraction of sp³-hybridized carbons (Fsp3) is 0.538. The maximum Gasteiger partial charge on any atom is 0.391 e. The highest BCUT2D eigenvalue weighted by molar-refractivity contribution is 6.30. The van der Waals surface area contributed by atoms with E-state index in [9.17, 15) is 13.2 Å². The van der Waals surface area contributed by atoms with Gasteiger partial charge in [0, 0.05) is 30.3 Å². The average Bonchev–Trinajstić information content (AvgIpc) is 2.38. The Hall–Kier alpha value is -0.940. The minimum absolute atomic E-state index is 0.125. The van der Waals surface area contributed by atoms with Crippen molar-refractivity contribution in [2.75, 3.05) is 18.0 Å². The summed E-state index contributed by atoms with van der Waals surface area (Å²) < 4.78 is 37.9. The molecule has 0 unspecified atom stereocenters. The Kier molecular flexibility index (Phi) is 4.26. The van der Waals surface area contributed by atoms with Gasteiger partial charge in [0.15, 0.2) is 0 Å². The molecule has 0 atom stereocenters. The van der Waals surface area contributed by atoms with Gasteiger partial charge in [0.1, 0.15) is 0 Å². The number of hydrogen-bond acceptors (Lipinski definition) is 2. The molecule has 2 rings (SSSR count). The first kappa shape index (κ1) is 14.5. The van der Waals surface area contributed by atoms with E-state index < -0.39 is 12.1 Å². The van der Waals surface area contributed by atoms with E-state index in [-0.39, 0.29) is 12.8 Å². The van der Waals surface area contributed by atoms with Crippen molar-refractivity contribution in [3.63, 3.8) is 0 Å². The highest BCUT2D eigenvalue weighted by Crippen LogP contribution is 2.36. The number of nitrogens with zero attached hydrogens (tertiary/aromatic N) is 1. The normalized spacial score (nSPS) is 17.8. The number of piperidine rings is 1. The van der Waals surface area contributed by atoms with Gasteiger partial charge in [-0.05, 0) is 30.5 Å². The topological polar surface area (TPSA) is 29.3 Å². The number of rotatable bonds is 2. The smallest absolute Gasteiger partial charge is 0.371 e. The predicted molar refractivity (Wildman–Crippen MR) is 70.3 cm³/mol. The standard InChI is InChI=1S/C13H16ClF3N2/c14-11-2-1-9(8-18)12(7-11)19-5-3-10(4-6-19)13(15,16)17/h1-2,7,10H,3-6,8,18H2. The molecule has 106 valence electrons. The van der Waals surface area contributed by atoms with Crippen molar-refractivity contribution in [3.05, 3.63) is 28.8 Å². The number of benzene rings is 1. The third-order valence-electron chi connectivity index (χ3n) is 3.57. The molecule has 0 radical (unpaired) electrons. The molecule has 0 bridgehead atoms. The van der Waals surface area contributed by atoms with Crippen molar-refractivity contribution in [2.24, 2.45) is 11.7 Å². The Morgan fingerprint density at radius 3 is 2.42 bits per heavy atom. The summed E-state index contributed by atoms with van der Waals surface area (Å²) in [7, 11) is 0. The summed E-state index contributed by atoms with van der Waals surface area (Å²) in [6, 6.07) is 5.35. The van der Waals surface area contributed by atoms with Gasteiger partial charge in [-0.3, -0.25) is 0 Å². The summed E-state index contributed by atoms with van der Waals surface area (Å²) in [5.74, 6) is -1.19. The van der Waals surface area contributed by atoms with Crippen LogP contribution < -0.4 is 10.6 Å². The molecule has 1 saturated heterocycles. The molecule has 1 aliphatic rings. The number of nitrogens with two attached hydrogens (primary N) is 1. The molecule has 0 saturated carbocycles. The van der Waals surface area contributed by atoms with E-state index in [1.807, 2.05) is 11.0 Å². The van der Waals surface area contributed by atoms with E-state index >= 15 is 0 Å². The summed E-state index contributed by atoms with van der Waals surface area (Å²) in [5, 5.41) is 0.574. The highest BCUT2D eigenvalue weighted by atomic mass is 35.5. The maximum atomic E-state index is 12.6. The van der Waals surface area contributed by atoms with E-state index in [4.69, 9.17) is 17.3 Å². The van der Waals surface area contributed by atoms with Gasteiger partial charge < -0.3 is 10.6 Å². The average molecular weight is 293 g/mol. The summed E-state index contributed by atoms with van der Waals surface area (Å²) in [4.78, 5) is 1.94. The molecule has 1 aromatic rings. The third-order valence-corrected chi connectivity index (χ3v) is 3.80. The number of alkyl halides is 3. The van der Waals surface area contributed by atoms with Crippen LogP contribution in [0.2, 0.25) is 5.02 Å². The molecule has 0 aliphatic carbocycles. The van der Waals surface area contributed by atoms with Gasteiger partial charge >= 0.3 is 6.18 Å². The maximum absolute atomic E-state index is 12.6. The molecule has 0 aromatic heterocycles. The van der Waals surface area contributed by atoms with Crippen LogP contribution in [0.15, 0.2) is 18.2 Å². The molecule has 0 amide bonds. The van der Waals surface area contributed by atoms with E-state index in [1.54, 1.807) is 12.1 Å². The van der Waals surface area contributed by atoms with Gasteiger partial charge in [-0.15, -0.1) is 0 Å². The first-order valence-corrected chi connectivity index (χ1v) is 6.59. The predicted octanol–water partition coefficient (Wildman–Crippen LogP) is 3.58. The van der Waals surface area contributed by atoms with Gasteiger partial charge in [0.2, 0.25) is 0 Å². The van der Waals surface area contributed by atoms with Gasteiger partial charge in [-0.1, -0.05) is 17.7 Å². The SMILES string of the molecule is NCc1ccc(Cl)cc1N1CCC(C(F)(F)F)CC1. The molecular formula is C13H16ClF3N2. The fourth-order valence-corrected chi connectivity index (χ4v) is 2.62. The largest absolute Gasteiger partial charge is 0.391 e. The van der Waals surface area contributed by atoms with Crippen LogP contribution in [0, 0.1) is 5.92 Å². The van der Waals surface area contributed by atoms with Crippen molar-refractivity contribution in [2.45, 2.75) is 25.6 Å². The molecule has 2 nitrogen and oxygen atoms in total. The van der Waals surface area contributed by atoms with Crippen molar-refractivity contribution in [1.82, 2.24) is 0 Å². The molecule has 19 heavy (non-hydrogen) atoms. The molecule has 2 N–H and O–H groups in total. The summed E-state index contributed by atoms with van der Waals surface area (Å²) >= 11 is 5.95. The summed E-state index contributed by atoms with van der Waals surface area (Å²) in [6.45, 7) is 1.13. The highest BCUT2D eigenvalue weighted by Gasteiger charge is 2.41. The van der Waals surface area contributed by atoms with Crippen LogP contribution in [-0.2, 0) is 6.54 Å². The lowest BCUT2D eigenvalue weighted by atomic mass is 9.95. The molecule has 1 aliphatic heterocycles. The fourth-order valence-electron chi connectivity index (χ4n) is 2.45. The Balaban J connectivity index is 2.11. The second-order valence-corrected chi connectivity index (χ2v) is 5.22. The van der Waals surface area contributed by atoms with Gasteiger partial charge in [0.25, 0.3) is 0 Å². The minimum Gasteiger partial charge on any atom is -0.371 e. The van der Waals surface area contributed by atoms with Crippen molar-refractivity contribution < 1.29 is 13.2 Å². The van der Waals surface area contributed by atoms with Gasteiger partial charge in [-0.2, -0.15) is 13.2 Å². The second kappa shape index (κ2) is 5.59. The van der Waals surface area contributed by atoms with Crippen molar-refractivity contribution in [3.8, 4) is 0 Å². The molecule has 1 heterocycles. The Bertz CT molecular complexity index is 440. The third kappa shape index (κ3) is 3.34. The van der Waals surface area contributed by atoms with Crippen LogP contribution in [0.1, 0.15) is 18.4 Å². The number of halogens is 4. The van der Waals surface area contributed by atoms with E-state index in [2.05, 4.69) is 0 Å². The van der Waals surface area contributed by atoms with E-state index in [0.29, 0.717) is 24.7 Å². The summed E-state index contributed by atoms with van der Waals surface area (Å²) in [6.07, 6.45) is -3.84. The van der Waals surface area contributed by atoms with Crippen LogP contribution in [0.25, 0.3) is 0 Å². The monoisotopic (exact) mass is 292 g/mol. The zero-order chi connectivity index (χ0) is 14.0.